The lowest BCUT2D eigenvalue weighted by Crippen LogP contribution is -2.65. The number of nitrogens with two attached hydrogens (primary N) is 2. The number of ketones is 3. The van der Waals surface area contributed by atoms with E-state index in [0.717, 1.165) is 0 Å². The number of carbonyl (C=O) groups excluding carboxylic acids is 5. The number of Topliss-reactive ketones (excluding diaryl/α,β-unsaturated/α-hetero) is 1. The number of benzene rings is 2. The predicted octanol–water partition coefficient (Wildman–Crippen LogP) is 1.64. The number of likely N-dealkylation sites (tertiary alicyclic amines) is 1. The average Bonchev–Trinajstić information content (AvgIpc) is 3.40. The Bertz CT molecular complexity index is 1340. The molecule has 0 bridgehead atoms. The first kappa shape index (κ1) is 29.1. The van der Waals surface area contributed by atoms with Gasteiger partial charge < -0.3 is 27.0 Å². The van der Waals surface area contributed by atoms with E-state index in [1.54, 1.807) is 42.5 Å². The number of hydrogen-bond acceptors (Lipinski definition) is 8. The van der Waals surface area contributed by atoms with Gasteiger partial charge in [0.25, 0.3) is 5.91 Å². The summed E-state index contributed by atoms with van der Waals surface area (Å²) in [5, 5.41) is 6.02. The van der Waals surface area contributed by atoms with E-state index in [9.17, 15) is 24.0 Å². The number of amides is 2. The van der Waals surface area contributed by atoms with Crippen molar-refractivity contribution in [2.45, 2.75) is 51.1 Å². The average molecular weight is 548 g/mol. The first-order valence-corrected chi connectivity index (χ1v) is 13.8. The second-order valence-corrected chi connectivity index (χ2v) is 10.8. The highest BCUT2D eigenvalue weighted by Crippen LogP contribution is 2.33. The predicted molar refractivity (Wildman–Crippen MR) is 151 cm³/mol. The van der Waals surface area contributed by atoms with Crippen LogP contribution < -0.4 is 22.1 Å². The lowest BCUT2D eigenvalue weighted by molar-refractivity contribution is -0.152. The molecule has 0 spiro atoms. The molecule has 10 nitrogen and oxygen atoms in total. The van der Waals surface area contributed by atoms with E-state index in [1.807, 2.05) is 13.8 Å². The topological polar surface area (TPSA) is 165 Å². The number of nitrogens with one attached hydrogen (secondary N) is 2. The SMILES string of the molecule is CC(C)C[C@H](N)C(=O)N1CCC[C@]1(C(=O)CN)C(=O)NCCCNc1cccc2c1C(=O)c1ccccc1C2=O. The first-order valence-electron chi connectivity index (χ1n) is 13.8. The van der Waals surface area contributed by atoms with Gasteiger partial charge in [-0.3, -0.25) is 24.0 Å². The number of nitrogens with zero attached hydrogens (tertiary/aromatic N) is 1. The molecule has 2 aromatic rings. The van der Waals surface area contributed by atoms with Gasteiger partial charge in [0.15, 0.2) is 22.9 Å². The number of rotatable bonds is 11. The molecular formula is C30H37N5O5. The number of carbonyl (C=O) groups is 5. The van der Waals surface area contributed by atoms with Gasteiger partial charge in [0.2, 0.25) is 5.91 Å². The molecular weight excluding hydrogens is 510 g/mol. The fraction of sp³-hybridized carbons (Fsp3) is 0.433. The van der Waals surface area contributed by atoms with Gasteiger partial charge in [0.1, 0.15) is 0 Å². The van der Waals surface area contributed by atoms with Crippen LogP contribution in [-0.4, -0.2) is 71.8 Å². The minimum Gasteiger partial charge on any atom is -0.384 e. The molecule has 2 amide bonds. The van der Waals surface area contributed by atoms with Gasteiger partial charge in [0.05, 0.1) is 18.2 Å². The van der Waals surface area contributed by atoms with Crippen LogP contribution in [0.4, 0.5) is 5.69 Å². The molecule has 2 aromatic carbocycles. The van der Waals surface area contributed by atoms with Gasteiger partial charge in [-0.15, -0.1) is 0 Å². The summed E-state index contributed by atoms with van der Waals surface area (Å²) in [7, 11) is 0. The molecule has 1 saturated heterocycles. The zero-order chi connectivity index (χ0) is 29.0. The second kappa shape index (κ2) is 12.1. The fourth-order valence-corrected chi connectivity index (χ4v) is 5.70. The summed E-state index contributed by atoms with van der Waals surface area (Å²) in [5.74, 6) is -1.71. The third-order valence-electron chi connectivity index (χ3n) is 7.62. The summed E-state index contributed by atoms with van der Waals surface area (Å²) in [6.45, 7) is 4.41. The molecule has 1 aliphatic carbocycles. The van der Waals surface area contributed by atoms with Crippen LogP contribution in [0.25, 0.3) is 0 Å². The number of anilines is 1. The molecule has 1 fully saturated rings. The van der Waals surface area contributed by atoms with E-state index in [4.69, 9.17) is 11.5 Å². The van der Waals surface area contributed by atoms with Crippen LogP contribution >= 0.6 is 0 Å². The van der Waals surface area contributed by atoms with E-state index in [1.165, 1.54) is 4.90 Å². The van der Waals surface area contributed by atoms with E-state index >= 15 is 0 Å². The van der Waals surface area contributed by atoms with Crippen molar-refractivity contribution < 1.29 is 24.0 Å². The molecule has 1 aliphatic heterocycles. The maximum Gasteiger partial charge on any atom is 0.253 e. The quantitative estimate of drug-likeness (QED) is 0.208. The normalized spacial score (nSPS) is 18.8. The Hall–Kier alpha value is -3.89. The van der Waals surface area contributed by atoms with Crippen molar-refractivity contribution in [2.75, 3.05) is 31.5 Å². The zero-order valence-electron chi connectivity index (χ0n) is 23.0. The third kappa shape index (κ3) is 5.29. The zero-order valence-corrected chi connectivity index (χ0v) is 23.0. The fourth-order valence-electron chi connectivity index (χ4n) is 5.70. The van der Waals surface area contributed by atoms with Crippen LogP contribution in [0.5, 0.6) is 0 Å². The molecule has 40 heavy (non-hydrogen) atoms. The lowest BCUT2D eigenvalue weighted by Gasteiger charge is -2.37. The summed E-state index contributed by atoms with van der Waals surface area (Å²) < 4.78 is 0. The van der Waals surface area contributed by atoms with Crippen LogP contribution in [0.3, 0.4) is 0 Å². The lowest BCUT2D eigenvalue weighted by atomic mass is 9.83. The standard InChI is InChI=1S/C30H37N5O5/c1-18(2)16-22(32)28(39)35-15-6-12-30(35,24(36)17-31)29(40)34-14-7-13-33-23-11-5-10-21-25(23)27(38)20-9-4-3-8-19(20)26(21)37/h3-5,8-11,18,22,33H,6-7,12-17,31-32H2,1-2H3,(H,34,40)/t22-,30-/m0/s1. The molecule has 1 heterocycles. The summed E-state index contributed by atoms with van der Waals surface area (Å²) in [6.07, 6.45) is 1.59. The van der Waals surface area contributed by atoms with E-state index in [2.05, 4.69) is 10.6 Å². The van der Waals surface area contributed by atoms with Crippen molar-refractivity contribution >= 4 is 34.9 Å². The largest absolute Gasteiger partial charge is 0.384 e. The Morgan fingerprint density at radius 3 is 2.33 bits per heavy atom. The van der Waals surface area contributed by atoms with Gasteiger partial charge in [-0.2, -0.15) is 0 Å². The molecule has 0 unspecified atom stereocenters. The highest BCUT2D eigenvalue weighted by atomic mass is 16.2. The smallest absolute Gasteiger partial charge is 0.253 e. The Balaban J connectivity index is 1.40. The Labute approximate surface area is 233 Å². The molecule has 10 heteroatoms. The van der Waals surface area contributed by atoms with Gasteiger partial charge in [-0.25, -0.2) is 0 Å². The first-order chi connectivity index (χ1) is 19.1. The van der Waals surface area contributed by atoms with Crippen LogP contribution in [-0.2, 0) is 14.4 Å². The van der Waals surface area contributed by atoms with Crippen molar-refractivity contribution in [3.05, 3.63) is 64.7 Å². The van der Waals surface area contributed by atoms with Crippen LogP contribution in [0.1, 0.15) is 71.4 Å². The molecule has 212 valence electrons. The van der Waals surface area contributed by atoms with Crippen molar-refractivity contribution in [3.63, 3.8) is 0 Å². The minimum atomic E-state index is -1.66. The number of fused-ring (bicyclic) bond motifs is 2. The van der Waals surface area contributed by atoms with Crippen molar-refractivity contribution in [1.82, 2.24) is 10.2 Å². The minimum absolute atomic E-state index is 0.181. The van der Waals surface area contributed by atoms with E-state index in [-0.39, 0.29) is 43.5 Å². The second-order valence-electron chi connectivity index (χ2n) is 10.8. The Morgan fingerprint density at radius 1 is 0.975 bits per heavy atom. The molecule has 0 radical (unpaired) electrons. The molecule has 0 saturated carbocycles. The molecule has 2 atom stereocenters. The molecule has 6 N–H and O–H groups in total. The van der Waals surface area contributed by atoms with Gasteiger partial charge in [-0.05, 0) is 37.7 Å². The maximum absolute atomic E-state index is 13.4. The van der Waals surface area contributed by atoms with Crippen molar-refractivity contribution in [2.24, 2.45) is 17.4 Å². The van der Waals surface area contributed by atoms with Crippen LogP contribution in [0.15, 0.2) is 42.5 Å². The Morgan fingerprint density at radius 2 is 1.65 bits per heavy atom. The van der Waals surface area contributed by atoms with Crippen LogP contribution in [0, 0.1) is 5.92 Å². The summed E-state index contributed by atoms with van der Waals surface area (Å²) in [6, 6.07) is 11.1. The van der Waals surface area contributed by atoms with Gasteiger partial charge >= 0.3 is 0 Å². The molecule has 0 aromatic heterocycles. The van der Waals surface area contributed by atoms with Crippen LogP contribution in [0.2, 0.25) is 0 Å². The van der Waals surface area contributed by atoms with E-state index < -0.39 is 29.2 Å². The third-order valence-corrected chi connectivity index (χ3v) is 7.62. The van der Waals surface area contributed by atoms with Crippen molar-refractivity contribution in [1.29, 1.82) is 0 Å². The van der Waals surface area contributed by atoms with Crippen molar-refractivity contribution in [3.8, 4) is 0 Å². The Kier molecular flexibility index (Phi) is 8.80. The summed E-state index contributed by atoms with van der Waals surface area (Å²) >= 11 is 0. The monoisotopic (exact) mass is 547 g/mol. The highest BCUT2D eigenvalue weighted by Gasteiger charge is 2.55. The highest BCUT2D eigenvalue weighted by molar-refractivity contribution is 6.30. The van der Waals surface area contributed by atoms with E-state index in [0.29, 0.717) is 53.7 Å². The molecule has 4 rings (SSSR count). The number of hydrogen-bond donors (Lipinski definition) is 4. The summed E-state index contributed by atoms with van der Waals surface area (Å²) in [5.41, 5.74) is 12.1. The summed E-state index contributed by atoms with van der Waals surface area (Å²) in [4.78, 5) is 67.1. The van der Waals surface area contributed by atoms with Gasteiger partial charge in [0, 0.05) is 42.0 Å². The molecule has 2 aliphatic rings. The maximum atomic E-state index is 13.4. The van der Waals surface area contributed by atoms with Gasteiger partial charge in [-0.1, -0.05) is 50.2 Å².